The normalized spacial score (nSPS) is 18.7. The highest BCUT2D eigenvalue weighted by Gasteiger charge is 2.37. The van der Waals surface area contributed by atoms with Gasteiger partial charge in [-0.15, -0.1) is 6.58 Å². The first-order valence-corrected chi connectivity index (χ1v) is 9.39. The van der Waals surface area contributed by atoms with Crippen molar-refractivity contribution in [2.45, 2.75) is 64.2 Å². The van der Waals surface area contributed by atoms with Gasteiger partial charge in [-0.3, -0.25) is 9.78 Å². The summed E-state index contributed by atoms with van der Waals surface area (Å²) >= 11 is 0. The Bertz CT molecular complexity index is 843. The first kappa shape index (κ1) is 18.6. The summed E-state index contributed by atoms with van der Waals surface area (Å²) in [5.74, 6) is 0.0781. The van der Waals surface area contributed by atoms with Crippen molar-refractivity contribution in [2.75, 3.05) is 0 Å². The third-order valence-electron chi connectivity index (χ3n) is 6.10. The molecule has 1 atom stereocenters. The highest BCUT2D eigenvalue weighted by atomic mass is 16.1. The zero-order chi connectivity index (χ0) is 19.1. The van der Waals surface area contributed by atoms with Crippen molar-refractivity contribution in [2.24, 2.45) is 0 Å². The third kappa shape index (κ3) is 3.13. The Hall–Kier alpha value is -2.22. The number of hydrogen-bond acceptors (Lipinski definition) is 2. The highest BCUT2D eigenvalue weighted by Crippen LogP contribution is 2.47. The monoisotopic (exact) mass is 347 g/mol. The fourth-order valence-electron chi connectivity index (χ4n) is 4.19. The van der Waals surface area contributed by atoms with Crippen LogP contribution in [-0.2, 0) is 10.8 Å². The molecule has 0 saturated carbocycles. The second kappa shape index (κ2) is 6.50. The lowest BCUT2D eigenvalue weighted by Gasteiger charge is -2.42. The standard InChI is InChI=1S/C24H29NO/c1-7-19(17-8-9-18(15-26)25-14-17)20-13-22-21(12-16(20)2)23(3,4)10-11-24(22,5)6/h7-9,12-15,19H,1,10-11H2,2-6H3. The van der Waals surface area contributed by atoms with Crippen LogP contribution in [0.2, 0.25) is 0 Å². The minimum Gasteiger partial charge on any atom is -0.296 e. The van der Waals surface area contributed by atoms with Gasteiger partial charge in [0, 0.05) is 12.1 Å². The number of aldehydes is 1. The lowest BCUT2D eigenvalue weighted by atomic mass is 9.62. The largest absolute Gasteiger partial charge is 0.296 e. The predicted molar refractivity (Wildman–Crippen MR) is 108 cm³/mol. The Morgan fingerprint density at radius 2 is 1.69 bits per heavy atom. The van der Waals surface area contributed by atoms with E-state index in [-0.39, 0.29) is 16.7 Å². The molecule has 0 bridgehead atoms. The second-order valence-electron chi connectivity index (χ2n) is 8.87. The van der Waals surface area contributed by atoms with Gasteiger partial charge in [-0.1, -0.05) is 52.0 Å². The maximum Gasteiger partial charge on any atom is 0.168 e. The summed E-state index contributed by atoms with van der Waals surface area (Å²) in [5, 5.41) is 0. The van der Waals surface area contributed by atoms with E-state index in [0.29, 0.717) is 5.69 Å². The van der Waals surface area contributed by atoms with Crippen LogP contribution >= 0.6 is 0 Å². The van der Waals surface area contributed by atoms with Crippen molar-refractivity contribution >= 4 is 6.29 Å². The molecule has 1 aromatic carbocycles. The van der Waals surface area contributed by atoms with E-state index in [0.717, 1.165) is 11.8 Å². The van der Waals surface area contributed by atoms with Crippen molar-refractivity contribution in [1.29, 1.82) is 0 Å². The number of aryl methyl sites for hydroxylation is 1. The molecule has 0 spiro atoms. The molecule has 0 saturated heterocycles. The summed E-state index contributed by atoms with van der Waals surface area (Å²) in [6.07, 6.45) is 6.97. The van der Waals surface area contributed by atoms with E-state index in [2.05, 4.69) is 58.3 Å². The number of aromatic nitrogens is 1. The van der Waals surface area contributed by atoms with E-state index in [4.69, 9.17) is 0 Å². The van der Waals surface area contributed by atoms with Gasteiger partial charge >= 0.3 is 0 Å². The maximum absolute atomic E-state index is 10.9. The number of rotatable bonds is 4. The summed E-state index contributed by atoms with van der Waals surface area (Å²) in [7, 11) is 0. The van der Waals surface area contributed by atoms with Crippen molar-refractivity contribution in [3.8, 4) is 0 Å². The number of hydrogen-bond donors (Lipinski definition) is 0. The quantitative estimate of drug-likeness (QED) is 0.511. The molecule has 0 radical (unpaired) electrons. The molecule has 0 N–H and O–H groups in total. The molecule has 0 fully saturated rings. The summed E-state index contributed by atoms with van der Waals surface area (Å²) in [6, 6.07) is 8.54. The van der Waals surface area contributed by atoms with Gasteiger partial charge in [-0.25, -0.2) is 0 Å². The molecule has 2 heteroatoms. The molecule has 2 nitrogen and oxygen atoms in total. The van der Waals surface area contributed by atoms with Gasteiger partial charge < -0.3 is 0 Å². The minimum atomic E-state index is 0.0781. The zero-order valence-corrected chi connectivity index (χ0v) is 16.6. The van der Waals surface area contributed by atoms with E-state index in [9.17, 15) is 4.79 Å². The van der Waals surface area contributed by atoms with Crippen LogP contribution in [0.15, 0.2) is 43.1 Å². The molecule has 0 aliphatic heterocycles. The van der Waals surface area contributed by atoms with Crippen LogP contribution in [0.25, 0.3) is 0 Å². The summed E-state index contributed by atoms with van der Waals surface area (Å²) in [4.78, 5) is 15.1. The number of carbonyl (C=O) groups is 1. The number of fused-ring (bicyclic) bond motifs is 1. The van der Waals surface area contributed by atoms with Gasteiger partial charge in [0.05, 0.1) is 0 Å². The van der Waals surface area contributed by atoms with E-state index in [1.54, 1.807) is 12.3 Å². The molecule has 136 valence electrons. The zero-order valence-electron chi connectivity index (χ0n) is 16.6. The highest BCUT2D eigenvalue weighted by molar-refractivity contribution is 5.71. The van der Waals surface area contributed by atoms with Crippen LogP contribution in [-0.4, -0.2) is 11.3 Å². The lowest BCUT2D eigenvalue weighted by Crippen LogP contribution is -2.34. The number of pyridine rings is 1. The molecule has 1 aliphatic carbocycles. The smallest absolute Gasteiger partial charge is 0.168 e. The van der Waals surface area contributed by atoms with Crippen LogP contribution in [0.4, 0.5) is 0 Å². The average Bonchev–Trinajstić information content (AvgIpc) is 2.61. The number of benzene rings is 1. The summed E-state index contributed by atoms with van der Waals surface area (Å²) in [6.45, 7) is 15.7. The fourth-order valence-corrected chi connectivity index (χ4v) is 4.19. The Balaban J connectivity index is 2.15. The molecule has 1 aromatic heterocycles. The Morgan fingerprint density at radius 3 is 2.19 bits per heavy atom. The average molecular weight is 348 g/mol. The van der Waals surface area contributed by atoms with Crippen molar-refractivity contribution in [3.63, 3.8) is 0 Å². The third-order valence-corrected chi connectivity index (χ3v) is 6.10. The molecule has 26 heavy (non-hydrogen) atoms. The SMILES string of the molecule is C=CC(c1ccc(C=O)nc1)c1cc2c(cc1C)C(C)(C)CCC2(C)C. The Labute approximate surface area is 157 Å². The minimum absolute atomic E-state index is 0.0781. The second-order valence-corrected chi connectivity index (χ2v) is 8.87. The molecular formula is C24H29NO. The van der Waals surface area contributed by atoms with Gasteiger partial charge in [0.25, 0.3) is 0 Å². The molecule has 1 aliphatic rings. The van der Waals surface area contributed by atoms with Crippen LogP contribution < -0.4 is 0 Å². The first-order chi connectivity index (χ1) is 12.2. The van der Waals surface area contributed by atoms with Crippen molar-refractivity contribution < 1.29 is 4.79 Å². The van der Waals surface area contributed by atoms with Gasteiger partial charge in [-0.05, 0) is 64.5 Å². The Kier molecular flexibility index (Phi) is 4.64. The number of nitrogens with zero attached hydrogens (tertiary/aromatic N) is 1. The van der Waals surface area contributed by atoms with Gasteiger partial charge in [0.2, 0.25) is 0 Å². The molecule has 0 amide bonds. The molecule has 3 rings (SSSR count). The van der Waals surface area contributed by atoms with Crippen LogP contribution in [0.5, 0.6) is 0 Å². The molecule has 1 unspecified atom stereocenters. The van der Waals surface area contributed by atoms with Crippen molar-refractivity contribution in [1.82, 2.24) is 4.98 Å². The lowest BCUT2D eigenvalue weighted by molar-refractivity contribution is 0.111. The first-order valence-electron chi connectivity index (χ1n) is 9.39. The van der Waals surface area contributed by atoms with Gasteiger partial charge in [0.1, 0.15) is 5.69 Å². The van der Waals surface area contributed by atoms with Gasteiger partial charge in [0.15, 0.2) is 6.29 Å². The molecular weight excluding hydrogens is 318 g/mol. The van der Waals surface area contributed by atoms with Gasteiger partial charge in [-0.2, -0.15) is 0 Å². The predicted octanol–water partition coefficient (Wildman–Crippen LogP) is 5.87. The molecule has 1 heterocycles. The van der Waals surface area contributed by atoms with Crippen LogP contribution in [0, 0.1) is 6.92 Å². The fraction of sp³-hybridized carbons (Fsp3) is 0.417. The van der Waals surface area contributed by atoms with E-state index >= 15 is 0 Å². The van der Waals surface area contributed by atoms with E-state index in [1.807, 2.05) is 12.1 Å². The molecule has 2 aromatic rings. The summed E-state index contributed by atoms with van der Waals surface area (Å²) in [5.41, 5.74) is 7.43. The Morgan fingerprint density at radius 1 is 1.08 bits per heavy atom. The number of allylic oxidation sites excluding steroid dienone is 1. The van der Waals surface area contributed by atoms with Crippen LogP contribution in [0.1, 0.15) is 84.8 Å². The maximum atomic E-state index is 10.9. The summed E-state index contributed by atoms with van der Waals surface area (Å²) < 4.78 is 0. The number of carbonyl (C=O) groups excluding carboxylic acids is 1. The van der Waals surface area contributed by atoms with Crippen molar-refractivity contribution in [3.05, 3.63) is 76.6 Å². The van der Waals surface area contributed by atoms with E-state index in [1.165, 1.54) is 35.1 Å². The van der Waals surface area contributed by atoms with E-state index < -0.39 is 0 Å². The van der Waals surface area contributed by atoms with Crippen LogP contribution in [0.3, 0.4) is 0 Å². The topological polar surface area (TPSA) is 30.0 Å².